The van der Waals surface area contributed by atoms with Crippen molar-refractivity contribution in [1.29, 1.82) is 0 Å². The summed E-state index contributed by atoms with van der Waals surface area (Å²) in [5.74, 6) is -0.405. The lowest BCUT2D eigenvalue weighted by atomic mass is 10.0. The number of aryl methyl sites for hydroxylation is 1. The van der Waals surface area contributed by atoms with E-state index in [4.69, 9.17) is 0 Å². The lowest BCUT2D eigenvalue weighted by Gasteiger charge is -2.29. The molecule has 5 heteroatoms. The first-order valence-electron chi connectivity index (χ1n) is 8.35. The van der Waals surface area contributed by atoms with Gasteiger partial charge in [-0.1, -0.05) is 31.2 Å². The number of hydrogen-bond donors (Lipinski definition) is 1. The molecule has 1 N–H and O–H groups in total. The third-order valence-corrected chi connectivity index (χ3v) is 4.09. The Bertz CT molecular complexity index is 758. The van der Waals surface area contributed by atoms with Crippen molar-refractivity contribution in [3.8, 4) is 0 Å². The van der Waals surface area contributed by atoms with Gasteiger partial charge in [0.1, 0.15) is 11.4 Å². The predicted octanol–water partition coefficient (Wildman–Crippen LogP) is 2.81. The maximum atomic E-state index is 12.9. The topological polar surface area (TPSA) is 62.3 Å². The Kier molecular flexibility index (Phi) is 4.89. The number of carbonyl (C=O) groups excluding carboxylic acids is 2. The molecule has 2 heterocycles. The molecular weight excluding hydrogens is 302 g/mol. The van der Waals surface area contributed by atoms with Gasteiger partial charge in [0.2, 0.25) is 0 Å². The van der Waals surface area contributed by atoms with Crippen LogP contribution in [0.5, 0.6) is 0 Å². The third-order valence-electron chi connectivity index (χ3n) is 4.09. The molecule has 0 saturated carbocycles. The van der Waals surface area contributed by atoms with Crippen LogP contribution in [0.4, 0.5) is 5.69 Å². The molecule has 2 aromatic rings. The minimum atomic E-state index is -0.245. The third kappa shape index (κ3) is 3.30. The van der Waals surface area contributed by atoms with Crippen molar-refractivity contribution in [2.75, 3.05) is 18.0 Å². The molecule has 1 aliphatic heterocycles. The second-order valence-electron chi connectivity index (χ2n) is 5.85. The van der Waals surface area contributed by atoms with Gasteiger partial charge in [-0.15, -0.1) is 0 Å². The number of fused-ring (bicyclic) bond motifs is 1. The molecule has 0 atom stereocenters. The molecule has 5 nitrogen and oxygen atoms in total. The van der Waals surface area contributed by atoms with Crippen LogP contribution in [0.25, 0.3) is 0 Å². The monoisotopic (exact) mass is 323 g/mol. The Morgan fingerprint density at radius 3 is 2.75 bits per heavy atom. The van der Waals surface area contributed by atoms with E-state index in [-0.39, 0.29) is 17.5 Å². The zero-order chi connectivity index (χ0) is 16.9. The van der Waals surface area contributed by atoms with Crippen LogP contribution in [-0.4, -0.2) is 29.9 Å². The van der Waals surface area contributed by atoms with Gasteiger partial charge in [-0.25, -0.2) is 4.98 Å². The van der Waals surface area contributed by atoms with Gasteiger partial charge in [0.15, 0.2) is 0 Å². The zero-order valence-electron chi connectivity index (χ0n) is 13.8. The predicted molar refractivity (Wildman–Crippen MR) is 93.3 cm³/mol. The quantitative estimate of drug-likeness (QED) is 0.941. The van der Waals surface area contributed by atoms with Gasteiger partial charge in [-0.05, 0) is 43.0 Å². The summed E-state index contributed by atoms with van der Waals surface area (Å²) >= 11 is 0. The van der Waals surface area contributed by atoms with E-state index in [0.717, 1.165) is 24.9 Å². The van der Waals surface area contributed by atoms with E-state index in [2.05, 4.69) is 16.4 Å². The molecule has 1 aromatic carbocycles. The van der Waals surface area contributed by atoms with E-state index >= 15 is 0 Å². The summed E-state index contributed by atoms with van der Waals surface area (Å²) in [6, 6.07) is 12.9. The van der Waals surface area contributed by atoms with Gasteiger partial charge in [-0.2, -0.15) is 0 Å². The molecule has 1 aliphatic rings. The summed E-state index contributed by atoms with van der Waals surface area (Å²) < 4.78 is 0. The molecule has 124 valence electrons. The number of nitrogens with one attached hydrogen (secondary N) is 1. The van der Waals surface area contributed by atoms with E-state index in [9.17, 15) is 9.59 Å². The van der Waals surface area contributed by atoms with Gasteiger partial charge in [0, 0.05) is 18.8 Å². The lowest BCUT2D eigenvalue weighted by molar-refractivity contribution is 0.0948. The van der Waals surface area contributed by atoms with Crippen molar-refractivity contribution in [2.24, 2.45) is 0 Å². The molecule has 0 saturated heterocycles. The van der Waals surface area contributed by atoms with Gasteiger partial charge in [0.05, 0.1) is 0 Å². The van der Waals surface area contributed by atoms with Crippen LogP contribution >= 0.6 is 0 Å². The number of hydrogen-bond acceptors (Lipinski definition) is 3. The number of nitrogens with zero attached hydrogens (tertiary/aromatic N) is 2. The molecule has 0 aliphatic carbocycles. The second kappa shape index (κ2) is 7.25. The van der Waals surface area contributed by atoms with Crippen molar-refractivity contribution < 1.29 is 9.59 Å². The number of aromatic nitrogens is 1. The number of benzene rings is 1. The van der Waals surface area contributed by atoms with E-state index < -0.39 is 0 Å². The molecule has 0 spiro atoms. The molecule has 2 amide bonds. The Morgan fingerprint density at radius 1 is 1.12 bits per heavy atom. The van der Waals surface area contributed by atoms with Gasteiger partial charge >= 0.3 is 0 Å². The minimum absolute atomic E-state index is 0.160. The number of para-hydroxylation sites is 1. The van der Waals surface area contributed by atoms with Crippen LogP contribution in [-0.2, 0) is 6.42 Å². The van der Waals surface area contributed by atoms with Crippen LogP contribution in [0.1, 0.15) is 46.3 Å². The Morgan fingerprint density at radius 2 is 1.92 bits per heavy atom. The Balaban J connectivity index is 1.85. The van der Waals surface area contributed by atoms with E-state index in [0.29, 0.717) is 18.8 Å². The molecule has 0 unspecified atom stereocenters. The van der Waals surface area contributed by atoms with Crippen molar-refractivity contribution >= 4 is 17.5 Å². The standard InChI is InChI=1S/C19H21N3O2/c1-2-12-20-18(23)15-9-5-10-16(21-15)19(24)22-13-6-8-14-7-3-4-11-17(14)22/h3-5,7,9-11H,2,6,8,12-13H2,1H3,(H,20,23). The minimum Gasteiger partial charge on any atom is -0.351 e. The van der Waals surface area contributed by atoms with Crippen LogP contribution in [0.15, 0.2) is 42.5 Å². The van der Waals surface area contributed by atoms with Crippen molar-refractivity contribution in [3.63, 3.8) is 0 Å². The number of amides is 2. The zero-order valence-corrected chi connectivity index (χ0v) is 13.8. The highest BCUT2D eigenvalue weighted by atomic mass is 16.2. The molecule has 24 heavy (non-hydrogen) atoms. The number of carbonyl (C=O) groups is 2. The highest BCUT2D eigenvalue weighted by molar-refractivity contribution is 6.06. The lowest BCUT2D eigenvalue weighted by Crippen LogP contribution is -2.36. The largest absolute Gasteiger partial charge is 0.351 e. The fourth-order valence-corrected chi connectivity index (χ4v) is 2.89. The highest BCUT2D eigenvalue weighted by Crippen LogP contribution is 2.27. The maximum absolute atomic E-state index is 12.9. The van der Waals surface area contributed by atoms with E-state index in [1.54, 1.807) is 23.1 Å². The summed E-state index contributed by atoms with van der Waals surface area (Å²) in [5.41, 5.74) is 2.70. The number of anilines is 1. The van der Waals surface area contributed by atoms with Gasteiger partial charge in [-0.3, -0.25) is 9.59 Å². The van der Waals surface area contributed by atoms with Crippen LogP contribution in [0, 0.1) is 0 Å². The van der Waals surface area contributed by atoms with Crippen LogP contribution in [0.3, 0.4) is 0 Å². The smallest absolute Gasteiger partial charge is 0.276 e. The summed E-state index contributed by atoms with van der Waals surface area (Å²) in [6.45, 7) is 3.25. The average Bonchev–Trinajstić information content (AvgIpc) is 2.65. The summed E-state index contributed by atoms with van der Waals surface area (Å²) in [4.78, 5) is 31.0. The number of pyridine rings is 1. The van der Waals surface area contributed by atoms with Crippen LogP contribution < -0.4 is 10.2 Å². The van der Waals surface area contributed by atoms with Gasteiger partial charge < -0.3 is 10.2 Å². The van der Waals surface area contributed by atoms with E-state index in [1.807, 2.05) is 25.1 Å². The molecule has 0 fully saturated rings. The molecule has 3 rings (SSSR count). The van der Waals surface area contributed by atoms with Crippen molar-refractivity contribution in [2.45, 2.75) is 26.2 Å². The van der Waals surface area contributed by atoms with Crippen LogP contribution in [0.2, 0.25) is 0 Å². The van der Waals surface area contributed by atoms with Crippen molar-refractivity contribution in [1.82, 2.24) is 10.3 Å². The Hall–Kier alpha value is -2.69. The van der Waals surface area contributed by atoms with Crippen molar-refractivity contribution in [3.05, 3.63) is 59.4 Å². The average molecular weight is 323 g/mol. The number of rotatable bonds is 4. The molecular formula is C19H21N3O2. The first kappa shape index (κ1) is 16.2. The SMILES string of the molecule is CCCNC(=O)c1cccc(C(=O)N2CCCc3ccccc32)n1. The normalized spacial score (nSPS) is 13.3. The summed E-state index contributed by atoms with van der Waals surface area (Å²) in [6.07, 6.45) is 2.77. The summed E-state index contributed by atoms with van der Waals surface area (Å²) in [7, 11) is 0. The molecule has 0 radical (unpaired) electrons. The fourth-order valence-electron chi connectivity index (χ4n) is 2.89. The first-order valence-corrected chi connectivity index (χ1v) is 8.35. The maximum Gasteiger partial charge on any atom is 0.276 e. The van der Waals surface area contributed by atoms with Gasteiger partial charge in [0.25, 0.3) is 11.8 Å². The summed E-state index contributed by atoms with van der Waals surface area (Å²) in [5, 5.41) is 2.78. The molecule has 0 bridgehead atoms. The molecule has 1 aromatic heterocycles. The van der Waals surface area contributed by atoms with E-state index in [1.165, 1.54) is 5.56 Å². The fraction of sp³-hybridized carbons (Fsp3) is 0.316. The Labute approximate surface area is 141 Å². The second-order valence-corrected chi connectivity index (χ2v) is 5.85. The highest BCUT2D eigenvalue weighted by Gasteiger charge is 2.24. The first-order chi connectivity index (χ1) is 11.7.